The standard InChI is InChI=1S/C15H20N3O2PS.C2H6/c19-14(15(22)17-5-7-20-8-6-17)16-13-2-1-12-10-18(21)4-3-11(12)9-13;1-2/h1-2,9H,3-8,10,21H2,(H,16,19);1-2H3. The maximum Gasteiger partial charge on any atom is 0.283 e. The maximum absolute atomic E-state index is 12.3. The van der Waals surface area contributed by atoms with Crippen molar-refractivity contribution in [1.82, 2.24) is 9.57 Å². The Kier molecular flexibility index (Phi) is 7.56. The number of anilines is 1. The van der Waals surface area contributed by atoms with Gasteiger partial charge in [-0.05, 0) is 29.7 Å². The number of fused-ring (bicyclic) bond motifs is 1. The maximum atomic E-state index is 12.3. The highest BCUT2D eigenvalue weighted by Crippen LogP contribution is 2.24. The molecule has 7 heteroatoms. The van der Waals surface area contributed by atoms with Crippen LogP contribution in [0.15, 0.2) is 18.2 Å². The van der Waals surface area contributed by atoms with Crippen molar-refractivity contribution in [3.05, 3.63) is 29.3 Å². The minimum absolute atomic E-state index is 0.208. The minimum Gasteiger partial charge on any atom is -0.378 e. The van der Waals surface area contributed by atoms with Crippen LogP contribution in [-0.2, 0) is 22.5 Å². The van der Waals surface area contributed by atoms with Crippen LogP contribution in [0.2, 0.25) is 0 Å². The van der Waals surface area contributed by atoms with Gasteiger partial charge in [-0.15, -0.1) is 0 Å². The molecule has 1 fully saturated rings. The lowest BCUT2D eigenvalue weighted by Crippen LogP contribution is -2.44. The average molecular weight is 367 g/mol. The van der Waals surface area contributed by atoms with Crippen molar-refractivity contribution in [2.45, 2.75) is 26.8 Å². The van der Waals surface area contributed by atoms with Crippen LogP contribution in [0.1, 0.15) is 25.0 Å². The van der Waals surface area contributed by atoms with Crippen LogP contribution in [0.25, 0.3) is 0 Å². The molecule has 1 unspecified atom stereocenters. The average Bonchev–Trinajstić information content (AvgIpc) is 2.63. The van der Waals surface area contributed by atoms with E-state index in [0.717, 1.165) is 25.2 Å². The first-order chi connectivity index (χ1) is 11.6. The van der Waals surface area contributed by atoms with Crippen LogP contribution >= 0.6 is 21.6 Å². The molecule has 132 valence electrons. The van der Waals surface area contributed by atoms with Crippen molar-refractivity contribution in [3.63, 3.8) is 0 Å². The number of rotatable bonds is 1. The summed E-state index contributed by atoms with van der Waals surface area (Å²) in [7, 11) is 2.74. The lowest BCUT2D eigenvalue weighted by Gasteiger charge is -2.28. The van der Waals surface area contributed by atoms with E-state index < -0.39 is 0 Å². The number of carbonyl (C=O) groups is 1. The molecule has 0 spiro atoms. The lowest BCUT2D eigenvalue weighted by atomic mass is 10.0. The van der Waals surface area contributed by atoms with Crippen LogP contribution in [0.5, 0.6) is 0 Å². The van der Waals surface area contributed by atoms with Gasteiger partial charge in [0, 0.05) is 31.9 Å². The predicted octanol–water partition coefficient (Wildman–Crippen LogP) is 2.46. The van der Waals surface area contributed by atoms with E-state index >= 15 is 0 Å². The molecule has 1 saturated heterocycles. The van der Waals surface area contributed by atoms with E-state index in [1.165, 1.54) is 11.1 Å². The van der Waals surface area contributed by atoms with Gasteiger partial charge < -0.3 is 15.0 Å². The van der Waals surface area contributed by atoms with E-state index in [9.17, 15) is 4.79 Å². The molecule has 0 aromatic heterocycles. The number of morpholine rings is 1. The fraction of sp³-hybridized carbons (Fsp3) is 0.529. The molecule has 1 aromatic carbocycles. The molecule has 2 heterocycles. The van der Waals surface area contributed by atoms with Gasteiger partial charge >= 0.3 is 0 Å². The van der Waals surface area contributed by atoms with Gasteiger partial charge in [-0.3, -0.25) is 9.46 Å². The van der Waals surface area contributed by atoms with Crippen LogP contribution in [0.3, 0.4) is 0 Å². The Hall–Kier alpha value is -1.07. The zero-order valence-corrected chi connectivity index (χ0v) is 16.3. The number of ether oxygens (including phenoxy) is 1. The second-order valence-electron chi connectivity index (χ2n) is 5.56. The Morgan fingerprint density at radius 1 is 1.21 bits per heavy atom. The first kappa shape index (κ1) is 19.3. The minimum atomic E-state index is -0.208. The van der Waals surface area contributed by atoms with Gasteiger partial charge in [0.2, 0.25) is 0 Å². The second kappa shape index (κ2) is 9.42. The van der Waals surface area contributed by atoms with Crippen LogP contribution in [0.4, 0.5) is 5.69 Å². The summed E-state index contributed by atoms with van der Waals surface area (Å²) in [4.78, 5) is 14.5. The summed E-state index contributed by atoms with van der Waals surface area (Å²) in [5.41, 5.74) is 3.43. The molecule has 3 rings (SSSR count). The molecule has 1 aromatic rings. The van der Waals surface area contributed by atoms with Crippen LogP contribution in [0, 0.1) is 0 Å². The van der Waals surface area contributed by atoms with Crippen molar-refractivity contribution in [1.29, 1.82) is 0 Å². The van der Waals surface area contributed by atoms with Crippen molar-refractivity contribution in [2.75, 3.05) is 38.2 Å². The van der Waals surface area contributed by atoms with Crippen LogP contribution < -0.4 is 5.32 Å². The zero-order valence-electron chi connectivity index (χ0n) is 14.4. The highest BCUT2D eigenvalue weighted by Gasteiger charge is 2.20. The monoisotopic (exact) mass is 367 g/mol. The fourth-order valence-corrected chi connectivity index (χ4v) is 3.31. The molecule has 0 saturated carbocycles. The number of benzene rings is 1. The highest BCUT2D eigenvalue weighted by atomic mass is 32.1. The molecule has 1 N–H and O–H groups in total. The number of carbonyl (C=O) groups excluding carboxylic acids is 1. The van der Waals surface area contributed by atoms with Gasteiger partial charge in [-0.25, -0.2) is 0 Å². The molecule has 24 heavy (non-hydrogen) atoms. The largest absolute Gasteiger partial charge is 0.378 e. The number of nitrogens with zero attached hydrogens (tertiary/aromatic N) is 2. The Morgan fingerprint density at radius 2 is 1.92 bits per heavy atom. The van der Waals surface area contributed by atoms with Gasteiger partial charge in [0.1, 0.15) is 0 Å². The van der Waals surface area contributed by atoms with E-state index in [1.54, 1.807) is 0 Å². The summed E-state index contributed by atoms with van der Waals surface area (Å²) in [6.45, 7) is 8.55. The summed E-state index contributed by atoms with van der Waals surface area (Å²) >= 11 is 5.28. The Labute approximate surface area is 152 Å². The Balaban J connectivity index is 0.00000100. The number of thiocarbonyl (C=S) groups is 1. The smallest absolute Gasteiger partial charge is 0.283 e. The Morgan fingerprint density at radius 3 is 2.62 bits per heavy atom. The second-order valence-corrected chi connectivity index (χ2v) is 6.68. The molecular weight excluding hydrogens is 341 g/mol. The number of hydrogen-bond acceptors (Lipinski definition) is 4. The fourth-order valence-electron chi connectivity index (χ4n) is 2.75. The molecule has 5 nitrogen and oxygen atoms in total. The molecule has 0 radical (unpaired) electrons. The summed E-state index contributed by atoms with van der Waals surface area (Å²) in [6, 6.07) is 6.09. The van der Waals surface area contributed by atoms with E-state index in [-0.39, 0.29) is 5.91 Å². The third-order valence-corrected chi connectivity index (χ3v) is 4.88. The Bertz CT molecular complexity index is 591. The van der Waals surface area contributed by atoms with Crippen LogP contribution in [-0.4, -0.2) is 53.3 Å². The third kappa shape index (κ3) is 4.96. The van der Waals surface area contributed by atoms with Gasteiger partial charge in [0.05, 0.1) is 13.2 Å². The summed E-state index contributed by atoms with van der Waals surface area (Å²) in [5, 5.41) is 2.92. The topological polar surface area (TPSA) is 44.8 Å². The molecule has 1 atom stereocenters. The van der Waals surface area contributed by atoms with E-state index in [1.807, 2.05) is 24.8 Å². The zero-order chi connectivity index (χ0) is 17.5. The van der Waals surface area contributed by atoms with Gasteiger partial charge in [0.15, 0.2) is 4.99 Å². The van der Waals surface area contributed by atoms with E-state index in [0.29, 0.717) is 31.3 Å². The summed E-state index contributed by atoms with van der Waals surface area (Å²) in [6.07, 6.45) is 0.996. The summed E-state index contributed by atoms with van der Waals surface area (Å²) in [5.74, 6) is -0.208. The molecular formula is C17H26N3O2PS. The number of amides is 1. The molecule has 2 aliphatic rings. The number of hydrogen-bond donors (Lipinski definition) is 1. The van der Waals surface area contributed by atoms with Gasteiger partial charge in [-0.1, -0.05) is 41.5 Å². The predicted molar refractivity (Wildman–Crippen MR) is 105 cm³/mol. The van der Waals surface area contributed by atoms with E-state index in [4.69, 9.17) is 17.0 Å². The summed E-state index contributed by atoms with van der Waals surface area (Å²) < 4.78 is 7.50. The van der Waals surface area contributed by atoms with E-state index in [2.05, 4.69) is 31.5 Å². The van der Waals surface area contributed by atoms with Crippen molar-refractivity contribution in [2.24, 2.45) is 0 Å². The first-order valence-corrected chi connectivity index (χ1v) is 9.35. The molecule has 0 aliphatic carbocycles. The van der Waals surface area contributed by atoms with Gasteiger partial charge in [0.25, 0.3) is 5.91 Å². The SMILES string of the molecule is CC.O=C(Nc1ccc2c(c1)CCN(P)C2)C(=S)N1CCOCC1. The first-order valence-electron chi connectivity index (χ1n) is 8.43. The quantitative estimate of drug-likeness (QED) is 0.610. The highest BCUT2D eigenvalue weighted by molar-refractivity contribution is 7.82. The van der Waals surface area contributed by atoms with Crippen molar-refractivity contribution >= 4 is 38.2 Å². The lowest BCUT2D eigenvalue weighted by molar-refractivity contribution is -0.111. The molecule has 1 amide bonds. The molecule has 2 aliphatic heterocycles. The third-order valence-electron chi connectivity index (χ3n) is 4.00. The van der Waals surface area contributed by atoms with Crippen molar-refractivity contribution < 1.29 is 9.53 Å². The normalized spacial score (nSPS) is 17.4. The number of nitrogens with one attached hydrogen (secondary N) is 1. The van der Waals surface area contributed by atoms with Gasteiger partial charge in [-0.2, -0.15) is 0 Å². The molecule has 0 bridgehead atoms. The van der Waals surface area contributed by atoms with Crippen molar-refractivity contribution in [3.8, 4) is 0 Å².